The van der Waals surface area contributed by atoms with Crippen molar-refractivity contribution in [2.24, 2.45) is 0 Å². The van der Waals surface area contributed by atoms with Gasteiger partial charge < -0.3 is 10.6 Å². The first-order valence-corrected chi connectivity index (χ1v) is 8.06. The summed E-state index contributed by atoms with van der Waals surface area (Å²) < 4.78 is 13.5. The predicted octanol–water partition coefficient (Wildman–Crippen LogP) is 2.69. The van der Waals surface area contributed by atoms with E-state index >= 15 is 0 Å². The van der Waals surface area contributed by atoms with E-state index in [1.54, 1.807) is 42.5 Å². The summed E-state index contributed by atoms with van der Waals surface area (Å²) in [6.07, 6.45) is 2.45. The summed E-state index contributed by atoms with van der Waals surface area (Å²) in [5.74, 6) is -0.698. The van der Waals surface area contributed by atoms with E-state index in [1.165, 1.54) is 6.07 Å². The van der Waals surface area contributed by atoms with Gasteiger partial charge in [-0.1, -0.05) is 24.3 Å². The molecule has 124 valence electrons. The smallest absolute Gasteiger partial charge is 0.251 e. The van der Waals surface area contributed by atoms with Crippen molar-refractivity contribution in [1.82, 2.24) is 10.6 Å². The predicted molar refractivity (Wildman–Crippen MR) is 89.4 cm³/mol. The van der Waals surface area contributed by atoms with Gasteiger partial charge in [0.05, 0.1) is 0 Å². The third-order valence-electron chi connectivity index (χ3n) is 3.94. The van der Waals surface area contributed by atoms with Crippen LogP contribution in [0.2, 0.25) is 0 Å². The highest BCUT2D eigenvalue weighted by Crippen LogP contribution is 2.19. The molecule has 0 spiro atoms. The van der Waals surface area contributed by atoms with Crippen LogP contribution in [-0.4, -0.2) is 24.4 Å². The number of nitrogens with one attached hydrogen (secondary N) is 2. The number of hydrogen-bond donors (Lipinski definition) is 2. The van der Waals surface area contributed by atoms with Crippen LogP contribution in [-0.2, 0) is 6.42 Å². The molecule has 0 heterocycles. The van der Waals surface area contributed by atoms with Crippen molar-refractivity contribution in [2.75, 3.05) is 6.54 Å². The number of carbonyl (C=O) groups excluding carboxylic acids is 2. The molecule has 5 heteroatoms. The van der Waals surface area contributed by atoms with E-state index in [0.29, 0.717) is 29.7 Å². The molecule has 2 aromatic rings. The second kappa shape index (κ2) is 7.25. The molecule has 0 bridgehead atoms. The Bertz CT molecular complexity index is 757. The van der Waals surface area contributed by atoms with E-state index in [2.05, 4.69) is 10.6 Å². The minimum atomic E-state index is -0.273. The first-order valence-electron chi connectivity index (χ1n) is 8.06. The van der Waals surface area contributed by atoms with Crippen LogP contribution in [0.25, 0.3) is 0 Å². The molecule has 24 heavy (non-hydrogen) atoms. The van der Waals surface area contributed by atoms with Crippen molar-refractivity contribution < 1.29 is 14.0 Å². The molecular formula is C19H19FN2O2. The minimum Gasteiger partial charge on any atom is -0.352 e. The fraction of sp³-hybridized carbons (Fsp3) is 0.263. The van der Waals surface area contributed by atoms with Crippen LogP contribution in [0.15, 0.2) is 48.5 Å². The van der Waals surface area contributed by atoms with Gasteiger partial charge in [0.25, 0.3) is 11.8 Å². The fourth-order valence-corrected chi connectivity index (χ4v) is 2.41. The minimum absolute atomic E-state index is 0.154. The Morgan fingerprint density at radius 3 is 2.42 bits per heavy atom. The van der Waals surface area contributed by atoms with Crippen molar-refractivity contribution in [1.29, 1.82) is 0 Å². The highest BCUT2D eigenvalue weighted by Gasteiger charge is 2.24. The molecular weight excluding hydrogens is 307 g/mol. The van der Waals surface area contributed by atoms with E-state index in [0.717, 1.165) is 12.8 Å². The molecule has 0 radical (unpaired) electrons. The molecule has 0 unspecified atom stereocenters. The number of carbonyl (C=O) groups is 2. The molecule has 2 N–H and O–H groups in total. The molecule has 3 rings (SSSR count). The normalized spacial score (nSPS) is 13.4. The third-order valence-corrected chi connectivity index (χ3v) is 3.94. The highest BCUT2D eigenvalue weighted by molar-refractivity contribution is 5.99. The molecule has 1 fully saturated rings. The van der Waals surface area contributed by atoms with E-state index in [9.17, 15) is 14.0 Å². The van der Waals surface area contributed by atoms with Crippen molar-refractivity contribution in [2.45, 2.75) is 25.3 Å². The zero-order chi connectivity index (χ0) is 16.9. The molecule has 2 aromatic carbocycles. The molecule has 1 saturated carbocycles. The first kappa shape index (κ1) is 16.2. The van der Waals surface area contributed by atoms with Gasteiger partial charge in [-0.25, -0.2) is 4.39 Å². The molecule has 0 atom stereocenters. The van der Waals surface area contributed by atoms with Crippen LogP contribution in [0.1, 0.15) is 39.1 Å². The third kappa shape index (κ3) is 4.19. The lowest BCUT2D eigenvalue weighted by Gasteiger charge is -2.08. The maximum absolute atomic E-state index is 13.5. The van der Waals surface area contributed by atoms with Gasteiger partial charge >= 0.3 is 0 Å². The monoisotopic (exact) mass is 326 g/mol. The summed E-state index contributed by atoms with van der Waals surface area (Å²) in [5, 5.41) is 5.65. The van der Waals surface area contributed by atoms with E-state index < -0.39 is 0 Å². The summed E-state index contributed by atoms with van der Waals surface area (Å²) in [4.78, 5) is 24.2. The average Bonchev–Trinajstić information content (AvgIpc) is 3.40. The van der Waals surface area contributed by atoms with Crippen molar-refractivity contribution in [3.8, 4) is 0 Å². The Morgan fingerprint density at radius 2 is 1.71 bits per heavy atom. The molecule has 1 aliphatic carbocycles. The van der Waals surface area contributed by atoms with Crippen molar-refractivity contribution in [3.63, 3.8) is 0 Å². The number of halogens is 1. The zero-order valence-corrected chi connectivity index (χ0v) is 13.2. The Hall–Kier alpha value is -2.69. The average molecular weight is 326 g/mol. The first-order chi connectivity index (χ1) is 11.6. The Labute approximate surface area is 140 Å². The van der Waals surface area contributed by atoms with Gasteiger partial charge in [-0.15, -0.1) is 0 Å². The molecule has 1 aliphatic rings. The van der Waals surface area contributed by atoms with Gasteiger partial charge in [0.1, 0.15) is 5.82 Å². The Morgan fingerprint density at radius 1 is 1.00 bits per heavy atom. The van der Waals surface area contributed by atoms with E-state index in [1.807, 2.05) is 0 Å². The standard InChI is InChI=1S/C19H19FN2O2/c20-17-7-2-1-4-13(17)10-11-21-18(23)14-5-3-6-15(12-14)19(24)22-16-8-9-16/h1-7,12,16H,8-11H2,(H,21,23)(H,22,24). The zero-order valence-electron chi connectivity index (χ0n) is 13.2. The van der Waals surface area contributed by atoms with Crippen LogP contribution in [0.5, 0.6) is 0 Å². The fourth-order valence-electron chi connectivity index (χ4n) is 2.41. The topological polar surface area (TPSA) is 58.2 Å². The highest BCUT2D eigenvalue weighted by atomic mass is 19.1. The lowest BCUT2D eigenvalue weighted by atomic mass is 10.1. The summed E-state index contributed by atoms with van der Waals surface area (Å²) in [7, 11) is 0. The Balaban J connectivity index is 1.56. The molecule has 0 aliphatic heterocycles. The second-order valence-corrected chi connectivity index (χ2v) is 5.93. The van der Waals surface area contributed by atoms with Crippen LogP contribution in [0.4, 0.5) is 4.39 Å². The van der Waals surface area contributed by atoms with Crippen molar-refractivity contribution >= 4 is 11.8 Å². The molecule has 0 saturated heterocycles. The maximum atomic E-state index is 13.5. The largest absolute Gasteiger partial charge is 0.352 e. The summed E-state index contributed by atoms with van der Waals surface area (Å²) in [6, 6.07) is 13.4. The number of rotatable bonds is 6. The Kier molecular flexibility index (Phi) is 4.89. The van der Waals surface area contributed by atoms with Crippen LogP contribution in [0, 0.1) is 5.82 Å². The number of hydrogen-bond acceptors (Lipinski definition) is 2. The van der Waals surface area contributed by atoms with Crippen LogP contribution in [0.3, 0.4) is 0 Å². The second-order valence-electron chi connectivity index (χ2n) is 5.93. The lowest BCUT2D eigenvalue weighted by molar-refractivity contribution is 0.0951. The number of amides is 2. The van der Waals surface area contributed by atoms with Gasteiger partial charge in [-0.05, 0) is 49.1 Å². The summed E-state index contributed by atoms with van der Waals surface area (Å²) >= 11 is 0. The van der Waals surface area contributed by atoms with Crippen LogP contribution >= 0.6 is 0 Å². The van der Waals surface area contributed by atoms with Crippen molar-refractivity contribution in [3.05, 3.63) is 71.0 Å². The summed E-state index contributed by atoms with van der Waals surface area (Å²) in [6.45, 7) is 0.332. The summed E-state index contributed by atoms with van der Waals surface area (Å²) in [5.41, 5.74) is 1.46. The van der Waals surface area contributed by atoms with Gasteiger partial charge in [-0.3, -0.25) is 9.59 Å². The van der Waals surface area contributed by atoms with Gasteiger partial charge in [-0.2, -0.15) is 0 Å². The van der Waals surface area contributed by atoms with E-state index in [4.69, 9.17) is 0 Å². The van der Waals surface area contributed by atoms with Gasteiger partial charge in [0, 0.05) is 23.7 Å². The molecule has 2 amide bonds. The lowest BCUT2D eigenvalue weighted by Crippen LogP contribution is -2.28. The molecule has 0 aromatic heterocycles. The maximum Gasteiger partial charge on any atom is 0.251 e. The van der Waals surface area contributed by atoms with Gasteiger partial charge in [0.2, 0.25) is 0 Å². The van der Waals surface area contributed by atoms with Crippen LogP contribution < -0.4 is 10.6 Å². The SMILES string of the molecule is O=C(NCCc1ccccc1F)c1cccc(C(=O)NC2CC2)c1. The van der Waals surface area contributed by atoms with E-state index in [-0.39, 0.29) is 23.7 Å². The molecule has 4 nitrogen and oxygen atoms in total. The quantitative estimate of drug-likeness (QED) is 0.857. The number of benzene rings is 2. The van der Waals surface area contributed by atoms with Gasteiger partial charge in [0.15, 0.2) is 0 Å².